The topological polar surface area (TPSA) is 115 Å². The summed E-state index contributed by atoms with van der Waals surface area (Å²) in [5.41, 5.74) is 1.89. The Bertz CT molecular complexity index is 905. The van der Waals surface area contributed by atoms with Gasteiger partial charge in [-0.05, 0) is 54.3 Å². The third-order valence-corrected chi connectivity index (χ3v) is 4.10. The van der Waals surface area contributed by atoms with Gasteiger partial charge in [-0.1, -0.05) is 13.8 Å². The largest absolute Gasteiger partial charge is 0.462 e. The first-order valence-corrected chi connectivity index (χ1v) is 8.95. The zero-order chi connectivity index (χ0) is 19.2. The minimum absolute atomic E-state index is 0.253. The van der Waals surface area contributed by atoms with Crippen molar-refractivity contribution in [1.82, 2.24) is 20.3 Å². The second-order valence-corrected chi connectivity index (χ2v) is 5.91. The molecule has 0 unspecified atom stereocenters. The fourth-order valence-corrected chi connectivity index (χ4v) is 2.55. The Hall–Kier alpha value is -3.23. The number of esters is 1. The highest BCUT2D eigenvalue weighted by Gasteiger charge is 2.15. The van der Waals surface area contributed by atoms with Gasteiger partial charge in [0.1, 0.15) is 0 Å². The van der Waals surface area contributed by atoms with Crippen LogP contribution in [-0.2, 0) is 4.74 Å². The standard InChI is InChI=1S/C18H22N6O3/c1-4-12(5-2)19-14-15(22-17-16(21-14)23-27-24-17)20-13-9-7-11(8-10-13)18(25)26-6-3/h7-10,12H,4-6H2,1-3H3,(H,19,21,23)(H,20,22,24). The van der Waals surface area contributed by atoms with E-state index in [0.717, 1.165) is 18.5 Å². The van der Waals surface area contributed by atoms with Crippen LogP contribution < -0.4 is 10.6 Å². The van der Waals surface area contributed by atoms with Crippen LogP contribution in [0.25, 0.3) is 11.3 Å². The monoisotopic (exact) mass is 370 g/mol. The van der Waals surface area contributed by atoms with E-state index in [0.29, 0.717) is 35.1 Å². The number of anilines is 3. The number of rotatable bonds is 8. The van der Waals surface area contributed by atoms with Gasteiger partial charge >= 0.3 is 5.97 Å². The molecule has 0 fully saturated rings. The number of aromatic nitrogens is 4. The third-order valence-electron chi connectivity index (χ3n) is 4.10. The van der Waals surface area contributed by atoms with Crippen molar-refractivity contribution in [2.75, 3.05) is 17.2 Å². The summed E-state index contributed by atoms with van der Waals surface area (Å²) in [6.07, 6.45) is 1.89. The molecule has 0 bridgehead atoms. The Kier molecular flexibility index (Phi) is 5.80. The summed E-state index contributed by atoms with van der Waals surface area (Å²) in [6, 6.07) is 7.19. The van der Waals surface area contributed by atoms with Crippen molar-refractivity contribution < 1.29 is 14.2 Å². The number of hydrogen-bond donors (Lipinski definition) is 2. The van der Waals surface area contributed by atoms with Crippen LogP contribution in [0, 0.1) is 0 Å². The highest BCUT2D eigenvalue weighted by atomic mass is 16.6. The Morgan fingerprint density at radius 1 is 1.04 bits per heavy atom. The van der Waals surface area contributed by atoms with Crippen molar-refractivity contribution >= 4 is 34.6 Å². The van der Waals surface area contributed by atoms with Crippen LogP contribution in [0.15, 0.2) is 28.9 Å². The maximum Gasteiger partial charge on any atom is 0.338 e. The van der Waals surface area contributed by atoms with E-state index < -0.39 is 0 Å². The van der Waals surface area contributed by atoms with Crippen LogP contribution in [0.2, 0.25) is 0 Å². The van der Waals surface area contributed by atoms with Crippen LogP contribution >= 0.6 is 0 Å². The minimum atomic E-state index is -0.352. The predicted molar refractivity (Wildman–Crippen MR) is 101 cm³/mol. The first-order valence-electron chi connectivity index (χ1n) is 8.95. The molecule has 0 aliphatic carbocycles. The van der Waals surface area contributed by atoms with Crippen LogP contribution in [0.4, 0.5) is 17.3 Å². The Labute approximate surface area is 156 Å². The number of ether oxygens (including phenoxy) is 1. The lowest BCUT2D eigenvalue weighted by atomic mass is 10.2. The molecule has 0 spiro atoms. The van der Waals surface area contributed by atoms with E-state index in [-0.39, 0.29) is 12.0 Å². The minimum Gasteiger partial charge on any atom is -0.462 e. The smallest absolute Gasteiger partial charge is 0.338 e. The van der Waals surface area contributed by atoms with E-state index in [1.165, 1.54) is 0 Å². The molecule has 0 saturated carbocycles. The quantitative estimate of drug-likeness (QED) is 0.574. The van der Waals surface area contributed by atoms with Gasteiger partial charge < -0.3 is 15.4 Å². The molecule has 0 atom stereocenters. The molecule has 142 valence electrons. The van der Waals surface area contributed by atoms with E-state index in [1.54, 1.807) is 31.2 Å². The number of nitrogens with zero attached hydrogens (tertiary/aromatic N) is 4. The molecule has 0 saturated heterocycles. The maximum absolute atomic E-state index is 11.8. The van der Waals surface area contributed by atoms with Crippen molar-refractivity contribution in [3.63, 3.8) is 0 Å². The number of hydrogen-bond acceptors (Lipinski definition) is 9. The van der Waals surface area contributed by atoms with Gasteiger partial charge in [-0.3, -0.25) is 0 Å². The number of carbonyl (C=O) groups excluding carboxylic acids is 1. The Morgan fingerprint density at radius 3 is 2.26 bits per heavy atom. The second-order valence-electron chi connectivity index (χ2n) is 5.91. The molecule has 0 aliphatic heterocycles. The molecule has 3 aromatic rings. The Morgan fingerprint density at radius 2 is 1.67 bits per heavy atom. The number of benzene rings is 1. The van der Waals surface area contributed by atoms with Crippen LogP contribution in [0.5, 0.6) is 0 Å². The van der Waals surface area contributed by atoms with E-state index in [1.807, 2.05) is 0 Å². The molecule has 9 nitrogen and oxygen atoms in total. The molecule has 1 aromatic carbocycles. The summed E-state index contributed by atoms with van der Waals surface area (Å²) in [6.45, 7) is 6.32. The zero-order valence-electron chi connectivity index (χ0n) is 15.5. The molecular formula is C18H22N6O3. The van der Waals surface area contributed by atoms with E-state index in [2.05, 4.69) is 44.8 Å². The zero-order valence-corrected chi connectivity index (χ0v) is 15.5. The SMILES string of the molecule is CCOC(=O)c1ccc(Nc2nc3nonc3nc2NC(CC)CC)cc1. The normalized spacial score (nSPS) is 11.0. The van der Waals surface area contributed by atoms with Gasteiger partial charge in [-0.15, -0.1) is 0 Å². The van der Waals surface area contributed by atoms with Crippen molar-refractivity contribution in [2.45, 2.75) is 39.7 Å². The highest BCUT2D eigenvalue weighted by Crippen LogP contribution is 2.25. The van der Waals surface area contributed by atoms with Gasteiger partial charge in [0.2, 0.25) is 11.3 Å². The molecule has 3 rings (SSSR count). The molecular weight excluding hydrogens is 348 g/mol. The number of fused-ring (bicyclic) bond motifs is 1. The molecule has 0 radical (unpaired) electrons. The molecule has 2 heterocycles. The summed E-state index contributed by atoms with van der Waals surface area (Å²) >= 11 is 0. The van der Waals surface area contributed by atoms with Crippen molar-refractivity contribution in [3.8, 4) is 0 Å². The van der Waals surface area contributed by atoms with E-state index in [9.17, 15) is 4.79 Å². The summed E-state index contributed by atoms with van der Waals surface area (Å²) in [4.78, 5) is 20.7. The first-order chi connectivity index (χ1) is 13.1. The average molecular weight is 370 g/mol. The maximum atomic E-state index is 11.8. The molecule has 2 N–H and O–H groups in total. The molecule has 27 heavy (non-hydrogen) atoms. The summed E-state index contributed by atoms with van der Waals surface area (Å²) in [7, 11) is 0. The lowest BCUT2D eigenvalue weighted by Crippen LogP contribution is -2.19. The average Bonchev–Trinajstić information content (AvgIpc) is 3.14. The van der Waals surface area contributed by atoms with Gasteiger partial charge in [-0.2, -0.15) is 0 Å². The lowest BCUT2D eigenvalue weighted by molar-refractivity contribution is 0.0526. The summed E-state index contributed by atoms with van der Waals surface area (Å²) < 4.78 is 9.71. The van der Waals surface area contributed by atoms with E-state index >= 15 is 0 Å². The summed E-state index contributed by atoms with van der Waals surface area (Å²) in [5, 5.41) is 14.1. The molecule has 0 amide bonds. The summed E-state index contributed by atoms with van der Waals surface area (Å²) in [5.74, 6) is 0.727. The fourth-order valence-electron chi connectivity index (χ4n) is 2.55. The van der Waals surface area contributed by atoms with E-state index in [4.69, 9.17) is 9.37 Å². The molecule has 9 heteroatoms. The number of nitrogens with one attached hydrogen (secondary N) is 2. The van der Waals surface area contributed by atoms with Gasteiger partial charge in [0, 0.05) is 11.7 Å². The van der Waals surface area contributed by atoms with Crippen molar-refractivity contribution in [2.24, 2.45) is 0 Å². The van der Waals surface area contributed by atoms with Crippen LogP contribution in [0.1, 0.15) is 44.0 Å². The number of carbonyl (C=O) groups is 1. The van der Waals surface area contributed by atoms with Gasteiger partial charge in [0.05, 0.1) is 12.2 Å². The van der Waals surface area contributed by atoms with Crippen LogP contribution in [0.3, 0.4) is 0 Å². The lowest BCUT2D eigenvalue weighted by Gasteiger charge is -2.17. The fraction of sp³-hybridized carbons (Fsp3) is 0.389. The molecule has 2 aromatic heterocycles. The van der Waals surface area contributed by atoms with Crippen LogP contribution in [-0.4, -0.2) is 38.9 Å². The van der Waals surface area contributed by atoms with Gasteiger partial charge in [-0.25, -0.2) is 19.4 Å². The third kappa shape index (κ3) is 4.30. The second kappa shape index (κ2) is 8.43. The molecule has 0 aliphatic rings. The van der Waals surface area contributed by atoms with Crippen molar-refractivity contribution in [3.05, 3.63) is 29.8 Å². The van der Waals surface area contributed by atoms with Gasteiger partial charge in [0.15, 0.2) is 11.6 Å². The van der Waals surface area contributed by atoms with Crippen molar-refractivity contribution in [1.29, 1.82) is 0 Å². The predicted octanol–water partition coefficient (Wildman–Crippen LogP) is 3.53. The Balaban J connectivity index is 1.87. The first kappa shape index (κ1) is 18.6. The highest BCUT2D eigenvalue weighted by molar-refractivity contribution is 5.90. The van der Waals surface area contributed by atoms with Gasteiger partial charge in [0.25, 0.3) is 0 Å².